The molecule has 0 saturated carbocycles. The van der Waals surface area contributed by atoms with E-state index in [4.69, 9.17) is 4.74 Å². The van der Waals surface area contributed by atoms with Gasteiger partial charge in [0.2, 0.25) is 0 Å². The second-order valence-corrected chi connectivity index (χ2v) is 5.81. The lowest BCUT2D eigenvalue weighted by atomic mass is 10.1. The number of rotatable bonds is 3. The van der Waals surface area contributed by atoms with Crippen LogP contribution in [-0.4, -0.2) is 19.1 Å². The highest BCUT2D eigenvalue weighted by Crippen LogP contribution is 2.31. The van der Waals surface area contributed by atoms with E-state index < -0.39 is 6.10 Å². The molecule has 0 aliphatic carbocycles. The average Bonchev–Trinajstić information content (AvgIpc) is 2.94. The minimum absolute atomic E-state index is 0.0961. The fraction of sp³-hybridized carbons (Fsp3) is 0.267. The maximum Gasteiger partial charge on any atom is 0.265 e. The lowest BCUT2D eigenvalue weighted by Gasteiger charge is -2.24. The Morgan fingerprint density at radius 1 is 1.40 bits per heavy atom. The van der Waals surface area contributed by atoms with E-state index in [2.05, 4.69) is 28.7 Å². The van der Waals surface area contributed by atoms with E-state index >= 15 is 0 Å². The molecule has 0 radical (unpaired) electrons. The molecule has 20 heavy (non-hydrogen) atoms. The van der Waals surface area contributed by atoms with Gasteiger partial charge in [-0.1, -0.05) is 6.07 Å². The molecule has 0 spiro atoms. The molecule has 1 unspecified atom stereocenters. The summed E-state index contributed by atoms with van der Waals surface area (Å²) < 4.78 is 5.55. The number of nitrogens with one attached hydrogen (secondary N) is 1. The lowest BCUT2D eigenvalue weighted by Crippen LogP contribution is -2.34. The molecule has 4 nitrogen and oxygen atoms in total. The van der Waals surface area contributed by atoms with Crippen LogP contribution in [0.2, 0.25) is 0 Å². The highest BCUT2D eigenvalue weighted by Gasteiger charge is 2.23. The molecule has 1 N–H and O–H groups in total. The van der Waals surface area contributed by atoms with E-state index in [0.717, 1.165) is 23.5 Å². The number of amides is 1. The number of ether oxygens (including phenoxy) is 1. The Morgan fingerprint density at radius 2 is 2.25 bits per heavy atom. The maximum atomic E-state index is 11.6. The molecule has 1 atom stereocenters. The Kier molecular flexibility index (Phi) is 3.36. The average molecular weight is 288 g/mol. The molecule has 0 bridgehead atoms. The summed E-state index contributed by atoms with van der Waals surface area (Å²) in [6.45, 7) is 2.54. The Bertz CT molecular complexity index is 625. The van der Waals surface area contributed by atoms with Crippen molar-refractivity contribution in [3.8, 4) is 5.75 Å². The van der Waals surface area contributed by atoms with Crippen LogP contribution < -0.4 is 15.0 Å². The van der Waals surface area contributed by atoms with Crippen molar-refractivity contribution in [2.45, 2.75) is 19.6 Å². The Balaban J connectivity index is 1.79. The molecule has 104 valence electrons. The first-order valence-electron chi connectivity index (χ1n) is 6.48. The summed E-state index contributed by atoms with van der Waals surface area (Å²) in [7, 11) is 2.06. The zero-order valence-electron chi connectivity index (χ0n) is 11.4. The molecule has 0 fully saturated rings. The first-order chi connectivity index (χ1) is 9.63. The fourth-order valence-corrected chi connectivity index (χ4v) is 2.89. The fourth-order valence-electron chi connectivity index (χ4n) is 2.19. The Morgan fingerprint density at radius 3 is 3.00 bits per heavy atom. The van der Waals surface area contributed by atoms with Gasteiger partial charge in [-0.15, -0.1) is 11.3 Å². The Hall–Kier alpha value is -2.01. The van der Waals surface area contributed by atoms with E-state index in [1.54, 1.807) is 18.3 Å². The van der Waals surface area contributed by atoms with Crippen LogP contribution in [0.15, 0.2) is 35.7 Å². The van der Waals surface area contributed by atoms with Gasteiger partial charge in [0.05, 0.1) is 10.7 Å². The van der Waals surface area contributed by atoms with E-state index in [1.807, 2.05) is 24.3 Å². The number of anilines is 2. The molecule has 1 amide bonds. The summed E-state index contributed by atoms with van der Waals surface area (Å²) in [4.78, 5) is 13.8. The van der Waals surface area contributed by atoms with Gasteiger partial charge in [-0.05, 0) is 42.1 Å². The predicted octanol–water partition coefficient (Wildman–Crippen LogP) is 3.10. The molecular formula is C15H16N2O2S. The van der Waals surface area contributed by atoms with Crippen LogP contribution >= 0.6 is 11.3 Å². The minimum Gasteiger partial charge on any atom is -0.479 e. The number of nitrogens with zero attached hydrogens (tertiary/aromatic N) is 1. The van der Waals surface area contributed by atoms with E-state index in [0.29, 0.717) is 0 Å². The van der Waals surface area contributed by atoms with Gasteiger partial charge in [0.15, 0.2) is 6.10 Å². The van der Waals surface area contributed by atoms with Gasteiger partial charge in [0.1, 0.15) is 5.75 Å². The van der Waals surface area contributed by atoms with Gasteiger partial charge in [-0.25, -0.2) is 0 Å². The van der Waals surface area contributed by atoms with Gasteiger partial charge >= 0.3 is 0 Å². The quantitative estimate of drug-likeness (QED) is 0.943. The van der Waals surface area contributed by atoms with E-state index in [1.165, 1.54) is 5.00 Å². The van der Waals surface area contributed by atoms with Crippen molar-refractivity contribution in [2.75, 3.05) is 17.3 Å². The highest BCUT2D eigenvalue weighted by atomic mass is 32.1. The first-order valence-corrected chi connectivity index (χ1v) is 7.36. The number of hydrogen-bond acceptors (Lipinski definition) is 4. The zero-order chi connectivity index (χ0) is 14.1. The van der Waals surface area contributed by atoms with Crippen molar-refractivity contribution >= 4 is 27.9 Å². The maximum absolute atomic E-state index is 11.6. The first kappa shape index (κ1) is 13.0. The number of hydrogen-bond donors (Lipinski definition) is 1. The van der Waals surface area contributed by atoms with Crippen molar-refractivity contribution in [1.82, 2.24) is 0 Å². The second kappa shape index (κ2) is 5.17. The van der Waals surface area contributed by atoms with E-state index in [9.17, 15) is 4.79 Å². The number of fused-ring (bicyclic) bond motifs is 1. The summed E-state index contributed by atoms with van der Waals surface area (Å²) in [6.07, 6.45) is -0.429. The van der Waals surface area contributed by atoms with Crippen molar-refractivity contribution in [1.29, 1.82) is 0 Å². The SMILES string of the molecule is CC1Oc2ccc(CN(C)c3cccs3)cc2NC1=O. The molecule has 1 aliphatic rings. The van der Waals surface area contributed by atoms with Crippen LogP contribution in [0.3, 0.4) is 0 Å². The molecule has 2 aromatic rings. The molecular weight excluding hydrogens is 272 g/mol. The predicted molar refractivity (Wildman–Crippen MR) is 81.6 cm³/mol. The number of thiophene rings is 1. The van der Waals surface area contributed by atoms with Crippen molar-refractivity contribution in [3.63, 3.8) is 0 Å². The van der Waals surface area contributed by atoms with Gasteiger partial charge in [0.25, 0.3) is 5.91 Å². The van der Waals surface area contributed by atoms with Crippen LogP contribution in [0.5, 0.6) is 5.75 Å². The van der Waals surface area contributed by atoms with Crippen LogP contribution in [-0.2, 0) is 11.3 Å². The van der Waals surface area contributed by atoms with Gasteiger partial charge in [-0.2, -0.15) is 0 Å². The van der Waals surface area contributed by atoms with Crippen LogP contribution in [0.4, 0.5) is 10.7 Å². The third-order valence-corrected chi connectivity index (χ3v) is 4.26. The van der Waals surface area contributed by atoms with Gasteiger partial charge < -0.3 is 15.0 Å². The molecule has 3 rings (SSSR count). The largest absolute Gasteiger partial charge is 0.479 e. The monoisotopic (exact) mass is 288 g/mol. The highest BCUT2D eigenvalue weighted by molar-refractivity contribution is 7.14. The smallest absolute Gasteiger partial charge is 0.265 e. The molecule has 5 heteroatoms. The molecule has 1 aromatic carbocycles. The minimum atomic E-state index is -0.429. The molecule has 1 aliphatic heterocycles. The van der Waals surface area contributed by atoms with Crippen LogP contribution in [0.25, 0.3) is 0 Å². The van der Waals surface area contributed by atoms with Gasteiger partial charge in [-0.3, -0.25) is 4.79 Å². The van der Waals surface area contributed by atoms with Crippen molar-refractivity contribution in [2.24, 2.45) is 0 Å². The van der Waals surface area contributed by atoms with Crippen molar-refractivity contribution in [3.05, 3.63) is 41.3 Å². The third kappa shape index (κ3) is 2.49. The van der Waals surface area contributed by atoms with Crippen molar-refractivity contribution < 1.29 is 9.53 Å². The second-order valence-electron chi connectivity index (χ2n) is 4.89. The zero-order valence-corrected chi connectivity index (χ0v) is 12.2. The summed E-state index contributed by atoms with van der Waals surface area (Å²) >= 11 is 1.71. The lowest BCUT2D eigenvalue weighted by molar-refractivity contribution is -0.122. The normalized spacial score (nSPS) is 17.1. The summed E-state index contributed by atoms with van der Waals surface area (Å²) in [6, 6.07) is 10.1. The number of carbonyl (C=O) groups excluding carboxylic acids is 1. The molecule has 0 saturated heterocycles. The summed E-state index contributed by atoms with van der Waals surface area (Å²) in [5, 5.41) is 6.16. The topological polar surface area (TPSA) is 41.6 Å². The molecule has 1 aromatic heterocycles. The van der Waals surface area contributed by atoms with Crippen LogP contribution in [0, 0.1) is 0 Å². The van der Waals surface area contributed by atoms with Crippen LogP contribution in [0.1, 0.15) is 12.5 Å². The third-order valence-electron chi connectivity index (χ3n) is 3.28. The summed E-state index contributed by atoms with van der Waals surface area (Å²) in [5.74, 6) is 0.640. The molecule has 2 heterocycles. The Labute approximate surface area is 122 Å². The van der Waals surface area contributed by atoms with E-state index in [-0.39, 0.29) is 5.91 Å². The summed E-state index contributed by atoms with van der Waals surface area (Å²) in [5.41, 5.74) is 1.89. The number of benzene rings is 1. The standard InChI is InChI=1S/C15H16N2O2S/c1-10-15(18)16-12-8-11(5-6-13(12)19-10)9-17(2)14-4-3-7-20-14/h3-8,10H,9H2,1-2H3,(H,16,18). The number of carbonyl (C=O) groups is 1. The van der Waals surface area contributed by atoms with Gasteiger partial charge in [0, 0.05) is 13.6 Å².